The molecule has 0 atom stereocenters. The fourth-order valence-corrected chi connectivity index (χ4v) is 3.98. The van der Waals surface area contributed by atoms with Crippen molar-refractivity contribution in [2.45, 2.75) is 26.2 Å². The van der Waals surface area contributed by atoms with Crippen molar-refractivity contribution >= 4 is 44.6 Å². The smallest absolute Gasteiger partial charge is 0.266 e. The Morgan fingerprint density at radius 1 is 1.12 bits per heavy atom. The molecule has 0 aliphatic rings. The Bertz CT molecular complexity index is 902. The molecule has 0 aliphatic carbocycles. The average Bonchev–Trinajstić information content (AvgIpc) is 2.99. The van der Waals surface area contributed by atoms with E-state index in [0.717, 1.165) is 40.6 Å². The van der Waals surface area contributed by atoms with Gasteiger partial charge in [-0.2, -0.15) is 5.10 Å². The molecule has 0 fully saturated rings. The van der Waals surface area contributed by atoms with Crippen LogP contribution in [0.2, 0.25) is 5.02 Å². The number of hydrogen-bond acceptors (Lipinski definition) is 3. The number of halogens is 1. The third-order valence-corrected chi connectivity index (χ3v) is 5.58. The highest BCUT2D eigenvalue weighted by molar-refractivity contribution is 7.21. The standard InChI is InChI=1S/C20H19ClN2OS/c1-2-3-12-16(14-9-5-4-6-10-14)22-23-20(24)19-18(21)15-11-7-8-13-17(15)25-19/h4-11,13H,2-3,12H2,1H3,(H,23,24). The Hall–Kier alpha value is -2.17. The van der Waals surface area contributed by atoms with Crippen LogP contribution in [0.4, 0.5) is 0 Å². The molecule has 3 aromatic rings. The molecule has 0 spiro atoms. The van der Waals surface area contributed by atoms with Gasteiger partial charge in [0.2, 0.25) is 0 Å². The molecular weight excluding hydrogens is 352 g/mol. The molecule has 128 valence electrons. The first-order valence-corrected chi connectivity index (χ1v) is 9.49. The van der Waals surface area contributed by atoms with Crippen molar-refractivity contribution in [2.24, 2.45) is 5.10 Å². The quantitative estimate of drug-likeness (QED) is 0.427. The van der Waals surface area contributed by atoms with Crippen LogP contribution < -0.4 is 5.43 Å². The maximum atomic E-state index is 12.6. The van der Waals surface area contributed by atoms with E-state index in [4.69, 9.17) is 11.6 Å². The summed E-state index contributed by atoms with van der Waals surface area (Å²) in [5.41, 5.74) is 4.59. The minimum atomic E-state index is -0.267. The zero-order valence-corrected chi connectivity index (χ0v) is 15.5. The first-order valence-electron chi connectivity index (χ1n) is 8.30. The number of carbonyl (C=O) groups is 1. The fraction of sp³-hybridized carbons (Fsp3) is 0.200. The summed E-state index contributed by atoms with van der Waals surface area (Å²) in [5.74, 6) is -0.267. The second-order valence-electron chi connectivity index (χ2n) is 5.71. The molecule has 2 aromatic carbocycles. The lowest BCUT2D eigenvalue weighted by molar-refractivity contribution is 0.0959. The SMILES string of the molecule is CCCCC(=NNC(=O)c1sc2ccccc2c1Cl)c1ccccc1. The van der Waals surface area contributed by atoms with Gasteiger partial charge in [0.15, 0.2) is 0 Å². The summed E-state index contributed by atoms with van der Waals surface area (Å²) in [7, 11) is 0. The maximum absolute atomic E-state index is 12.6. The average molecular weight is 371 g/mol. The van der Waals surface area contributed by atoms with Gasteiger partial charge in [0.25, 0.3) is 5.91 Å². The van der Waals surface area contributed by atoms with E-state index in [1.54, 1.807) is 0 Å². The molecular formula is C20H19ClN2OS. The third-order valence-electron chi connectivity index (χ3n) is 3.91. The van der Waals surface area contributed by atoms with Gasteiger partial charge in [-0.05, 0) is 24.5 Å². The molecule has 3 rings (SSSR count). The number of thiophene rings is 1. The molecule has 0 aliphatic heterocycles. The summed E-state index contributed by atoms with van der Waals surface area (Å²) < 4.78 is 0.996. The second kappa shape index (κ2) is 8.28. The molecule has 0 saturated carbocycles. The Balaban J connectivity index is 1.84. The monoisotopic (exact) mass is 370 g/mol. The Morgan fingerprint density at radius 2 is 1.84 bits per heavy atom. The zero-order valence-electron chi connectivity index (χ0n) is 14.0. The number of hydrogen-bond donors (Lipinski definition) is 1. The van der Waals surface area contributed by atoms with Gasteiger partial charge in [-0.3, -0.25) is 4.79 Å². The molecule has 3 nitrogen and oxygen atoms in total. The van der Waals surface area contributed by atoms with Crippen LogP contribution in [0.5, 0.6) is 0 Å². The van der Waals surface area contributed by atoms with Gasteiger partial charge in [-0.1, -0.05) is 73.5 Å². The van der Waals surface area contributed by atoms with Crippen molar-refractivity contribution in [3.8, 4) is 0 Å². The van der Waals surface area contributed by atoms with Gasteiger partial charge in [-0.25, -0.2) is 5.43 Å². The summed E-state index contributed by atoms with van der Waals surface area (Å²) in [5, 5.41) is 5.77. The van der Waals surface area contributed by atoms with Crippen LogP contribution in [0.15, 0.2) is 59.7 Å². The number of carbonyl (C=O) groups excluding carboxylic acids is 1. The van der Waals surface area contributed by atoms with E-state index in [0.29, 0.717) is 9.90 Å². The number of fused-ring (bicyclic) bond motifs is 1. The lowest BCUT2D eigenvalue weighted by Crippen LogP contribution is -2.19. The zero-order chi connectivity index (χ0) is 17.6. The number of nitrogens with one attached hydrogen (secondary N) is 1. The highest BCUT2D eigenvalue weighted by atomic mass is 35.5. The molecule has 0 bridgehead atoms. The Labute approximate surface area is 156 Å². The molecule has 1 heterocycles. The van der Waals surface area contributed by atoms with Gasteiger partial charge in [0.1, 0.15) is 4.88 Å². The predicted octanol–water partition coefficient (Wildman–Crippen LogP) is 5.88. The van der Waals surface area contributed by atoms with E-state index in [-0.39, 0.29) is 5.91 Å². The van der Waals surface area contributed by atoms with Crippen LogP contribution >= 0.6 is 22.9 Å². The molecule has 25 heavy (non-hydrogen) atoms. The van der Waals surface area contributed by atoms with Crippen LogP contribution in [0, 0.1) is 0 Å². The molecule has 0 radical (unpaired) electrons. The molecule has 0 saturated heterocycles. The normalized spacial score (nSPS) is 11.7. The molecule has 0 unspecified atom stereocenters. The summed E-state index contributed by atoms with van der Waals surface area (Å²) in [6.45, 7) is 2.14. The van der Waals surface area contributed by atoms with Crippen molar-refractivity contribution in [3.63, 3.8) is 0 Å². The number of benzene rings is 2. The third kappa shape index (κ3) is 4.09. The van der Waals surface area contributed by atoms with Crippen molar-refractivity contribution in [2.75, 3.05) is 0 Å². The van der Waals surface area contributed by atoms with E-state index in [1.807, 2.05) is 54.6 Å². The predicted molar refractivity (Wildman–Crippen MR) is 107 cm³/mol. The van der Waals surface area contributed by atoms with Crippen LogP contribution in [0.3, 0.4) is 0 Å². The van der Waals surface area contributed by atoms with E-state index in [1.165, 1.54) is 11.3 Å². The van der Waals surface area contributed by atoms with Gasteiger partial charge in [0, 0.05) is 10.1 Å². The van der Waals surface area contributed by atoms with Crippen LogP contribution in [0.1, 0.15) is 41.4 Å². The Morgan fingerprint density at radius 3 is 2.56 bits per heavy atom. The topological polar surface area (TPSA) is 41.5 Å². The summed E-state index contributed by atoms with van der Waals surface area (Å²) in [4.78, 5) is 13.0. The summed E-state index contributed by atoms with van der Waals surface area (Å²) >= 11 is 7.75. The van der Waals surface area contributed by atoms with Crippen LogP contribution in [0.25, 0.3) is 10.1 Å². The minimum absolute atomic E-state index is 0.267. The van der Waals surface area contributed by atoms with E-state index in [9.17, 15) is 4.79 Å². The highest BCUT2D eigenvalue weighted by Gasteiger charge is 2.16. The first-order chi connectivity index (χ1) is 12.2. The van der Waals surface area contributed by atoms with Crippen molar-refractivity contribution in [1.29, 1.82) is 0 Å². The first kappa shape index (κ1) is 17.6. The Kier molecular flexibility index (Phi) is 5.84. The fourth-order valence-electron chi connectivity index (χ4n) is 2.57. The van der Waals surface area contributed by atoms with Gasteiger partial charge in [-0.15, -0.1) is 11.3 Å². The number of hydrazone groups is 1. The maximum Gasteiger partial charge on any atom is 0.283 e. The van der Waals surface area contributed by atoms with Crippen LogP contribution in [-0.4, -0.2) is 11.6 Å². The lowest BCUT2D eigenvalue weighted by atomic mass is 10.1. The largest absolute Gasteiger partial charge is 0.283 e. The molecule has 1 amide bonds. The lowest BCUT2D eigenvalue weighted by Gasteiger charge is -2.06. The molecule has 5 heteroatoms. The summed E-state index contributed by atoms with van der Waals surface area (Å²) in [6, 6.07) is 17.7. The second-order valence-corrected chi connectivity index (χ2v) is 7.14. The van der Waals surface area contributed by atoms with E-state index in [2.05, 4.69) is 17.5 Å². The minimum Gasteiger partial charge on any atom is -0.266 e. The van der Waals surface area contributed by atoms with E-state index < -0.39 is 0 Å². The summed E-state index contributed by atoms with van der Waals surface area (Å²) in [6.07, 6.45) is 2.91. The number of rotatable bonds is 6. The number of amides is 1. The molecule has 1 aromatic heterocycles. The highest BCUT2D eigenvalue weighted by Crippen LogP contribution is 2.34. The van der Waals surface area contributed by atoms with Crippen LogP contribution in [-0.2, 0) is 0 Å². The van der Waals surface area contributed by atoms with Crippen molar-refractivity contribution in [3.05, 3.63) is 70.1 Å². The number of nitrogens with zero attached hydrogens (tertiary/aromatic N) is 1. The van der Waals surface area contributed by atoms with Crippen molar-refractivity contribution in [1.82, 2.24) is 5.43 Å². The van der Waals surface area contributed by atoms with Gasteiger partial charge < -0.3 is 0 Å². The van der Waals surface area contributed by atoms with Gasteiger partial charge >= 0.3 is 0 Å². The number of unbranched alkanes of at least 4 members (excludes halogenated alkanes) is 1. The van der Waals surface area contributed by atoms with E-state index >= 15 is 0 Å². The van der Waals surface area contributed by atoms with Crippen molar-refractivity contribution < 1.29 is 4.79 Å². The molecule has 1 N–H and O–H groups in total. The van der Waals surface area contributed by atoms with Gasteiger partial charge in [0.05, 0.1) is 10.7 Å².